The molecule has 0 saturated carbocycles. The zero-order valence-corrected chi connectivity index (χ0v) is 14.1. The minimum Gasteiger partial charge on any atom is -0.444 e. The number of hydrogen-bond donors (Lipinski definition) is 3. The van der Waals surface area contributed by atoms with Gasteiger partial charge in [0.05, 0.1) is 12.6 Å². The van der Waals surface area contributed by atoms with E-state index in [9.17, 15) is 9.90 Å². The van der Waals surface area contributed by atoms with Crippen molar-refractivity contribution >= 4 is 22.2 Å². The maximum Gasteiger partial charge on any atom is 0.407 e. The molecule has 0 aliphatic carbocycles. The molecule has 5 nitrogen and oxygen atoms in total. The Kier molecular flexibility index (Phi) is 8.61. The lowest BCUT2D eigenvalue weighted by molar-refractivity contribution is 0.0477. The van der Waals surface area contributed by atoms with Crippen molar-refractivity contribution < 1.29 is 14.6 Å². The molecule has 2 atom stereocenters. The molecule has 0 aromatic carbocycles. The van der Waals surface area contributed by atoms with Crippen molar-refractivity contribution in [2.75, 3.05) is 6.61 Å². The summed E-state index contributed by atoms with van der Waals surface area (Å²) in [6.45, 7) is 9.58. The van der Waals surface area contributed by atoms with E-state index in [1.54, 1.807) is 0 Å². The van der Waals surface area contributed by atoms with Crippen LogP contribution in [0.4, 0.5) is 4.79 Å². The third-order valence-corrected chi connectivity index (χ3v) is 3.30. The molecule has 0 spiro atoms. The van der Waals surface area contributed by atoms with Crippen LogP contribution in [0.1, 0.15) is 47.5 Å². The normalized spacial score (nSPS) is 15.2. The fraction of sp³-hybridized carbons (Fsp3) is 0.923. The second-order valence-corrected chi connectivity index (χ2v) is 6.52. The predicted octanol–water partition coefficient (Wildman–Crippen LogP) is 2.58. The average Bonchev–Trinajstić information content (AvgIpc) is 2.25. The Morgan fingerprint density at radius 1 is 1.32 bits per heavy atom. The number of amides is 1. The van der Waals surface area contributed by atoms with Crippen LogP contribution in [0.15, 0.2) is 0 Å². The van der Waals surface area contributed by atoms with Crippen molar-refractivity contribution in [3.8, 4) is 0 Å². The van der Waals surface area contributed by atoms with Crippen LogP contribution in [0.25, 0.3) is 0 Å². The molecule has 6 heteroatoms. The van der Waals surface area contributed by atoms with E-state index >= 15 is 0 Å². The first-order valence-electron chi connectivity index (χ1n) is 6.66. The fourth-order valence-electron chi connectivity index (χ4n) is 1.58. The molecule has 0 aliphatic rings. The van der Waals surface area contributed by atoms with E-state index in [4.69, 9.17) is 4.74 Å². The smallest absolute Gasteiger partial charge is 0.407 e. The Bertz CT molecular complexity index is 267. The van der Waals surface area contributed by atoms with Gasteiger partial charge in [-0.2, -0.15) is 0 Å². The summed E-state index contributed by atoms with van der Waals surface area (Å²) in [7, 11) is 0. The van der Waals surface area contributed by atoms with E-state index in [1.807, 2.05) is 20.8 Å². The van der Waals surface area contributed by atoms with Crippen LogP contribution in [-0.4, -0.2) is 35.5 Å². The number of hydrogen-bond acceptors (Lipinski definition) is 4. The Hall–Kier alpha value is -0.330. The number of halogens is 1. The summed E-state index contributed by atoms with van der Waals surface area (Å²) < 4.78 is 8.22. The third kappa shape index (κ3) is 9.24. The second kappa shape index (κ2) is 8.76. The van der Waals surface area contributed by atoms with Gasteiger partial charge in [0.2, 0.25) is 0 Å². The molecule has 19 heavy (non-hydrogen) atoms. The molecule has 0 fully saturated rings. The highest BCUT2D eigenvalue weighted by Crippen LogP contribution is 2.12. The maximum atomic E-state index is 11.6. The highest BCUT2D eigenvalue weighted by Gasteiger charge is 2.20. The monoisotopic (exact) mass is 338 g/mol. The number of ether oxygens (including phenoxy) is 1. The van der Waals surface area contributed by atoms with Crippen molar-refractivity contribution in [1.29, 1.82) is 0 Å². The highest BCUT2D eigenvalue weighted by atomic mass is 79.9. The van der Waals surface area contributed by atoms with E-state index in [-0.39, 0.29) is 12.6 Å². The molecule has 0 radical (unpaired) electrons. The Balaban J connectivity index is 4.18. The van der Waals surface area contributed by atoms with Crippen LogP contribution in [0.3, 0.4) is 0 Å². The molecule has 1 amide bonds. The van der Waals surface area contributed by atoms with Gasteiger partial charge in [0.25, 0.3) is 0 Å². The largest absolute Gasteiger partial charge is 0.444 e. The molecule has 0 rings (SSSR count). The van der Waals surface area contributed by atoms with E-state index in [0.717, 1.165) is 6.42 Å². The van der Waals surface area contributed by atoms with E-state index in [0.29, 0.717) is 18.4 Å². The Labute approximate surface area is 124 Å². The van der Waals surface area contributed by atoms with Gasteiger partial charge in [0, 0.05) is 22.2 Å². The minimum atomic E-state index is -0.526. The van der Waals surface area contributed by atoms with Crippen LogP contribution < -0.4 is 9.66 Å². The first-order chi connectivity index (χ1) is 8.69. The summed E-state index contributed by atoms with van der Waals surface area (Å²) in [5.74, 6) is 0.472. The topological polar surface area (TPSA) is 70.6 Å². The standard InChI is InChI=1S/C13H27BrN2O3/c1-9(2)11(16-14)7-6-10(8-17)15-12(18)19-13(3,4)5/h9-11,16-17H,6-8H2,1-5H3,(H,15,18)/t10-,11?/m0/s1. The molecular weight excluding hydrogens is 312 g/mol. The molecule has 3 N–H and O–H groups in total. The molecule has 1 unspecified atom stereocenters. The van der Waals surface area contributed by atoms with Crippen molar-refractivity contribution in [3.05, 3.63) is 0 Å². The van der Waals surface area contributed by atoms with E-state index in [2.05, 4.69) is 39.7 Å². The summed E-state index contributed by atoms with van der Waals surface area (Å²) in [6.07, 6.45) is 1.06. The molecule has 0 saturated heterocycles. The molecule has 0 heterocycles. The zero-order valence-electron chi connectivity index (χ0n) is 12.5. The lowest BCUT2D eigenvalue weighted by Crippen LogP contribution is -2.42. The van der Waals surface area contributed by atoms with Crippen molar-refractivity contribution in [2.24, 2.45) is 5.92 Å². The first kappa shape index (κ1) is 18.7. The number of nitrogens with one attached hydrogen (secondary N) is 2. The van der Waals surface area contributed by atoms with Crippen LogP contribution in [0, 0.1) is 5.92 Å². The van der Waals surface area contributed by atoms with Gasteiger partial charge in [0.1, 0.15) is 5.60 Å². The lowest BCUT2D eigenvalue weighted by atomic mass is 9.98. The maximum absolute atomic E-state index is 11.6. The van der Waals surface area contributed by atoms with Crippen molar-refractivity contribution in [1.82, 2.24) is 9.66 Å². The van der Waals surface area contributed by atoms with Crippen molar-refractivity contribution in [2.45, 2.75) is 65.1 Å². The summed E-state index contributed by atoms with van der Waals surface area (Å²) in [4.78, 5) is 11.6. The fourth-order valence-corrected chi connectivity index (χ4v) is 2.34. The number of aliphatic hydroxyl groups is 1. The predicted molar refractivity (Wildman–Crippen MR) is 80.2 cm³/mol. The van der Waals surface area contributed by atoms with Crippen LogP contribution in [0.5, 0.6) is 0 Å². The van der Waals surface area contributed by atoms with Gasteiger partial charge in [0.15, 0.2) is 0 Å². The number of aliphatic hydroxyl groups excluding tert-OH is 1. The summed E-state index contributed by atoms with van der Waals surface area (Å²) in [5.41, 5.74) is -0.526. The van der Waals surface area contributed by atoms with Gasteiger partial charge < -0.3 is 15.2 Å². The SMILES string of the molecule is CC(C)C(CC[C@@H](CO)NC(=O)OC(C)(C)C)NBr. The Morgan fingerprint density at radius 3 is 2.26 bits per heavy atom. The molecule has 114 valence electrons. The van der Waals surface area contributed by atoms with Gasteiger partial charge in [-0.05, 0) is 39.5 Å². The van der Waals surface area contributed by atoms with Crippen molar-refractivity contribution in [3.63, 3.8) is 0 Å². The summed E-state index contributed by atoms with van der Waals surface area (Å²) in [6, 6.07) is 0.0198. The minimum absolute atomic E-state index is 0.0909. The number of alkyl carbamates (subject to hydrolysis) is 1. The van der Waals surface area contributed by atoms with Gasteiger partial charge in [-0.25, -0.2) is 4.79 Å². The van der Waals surface area contributed by atoms with E-state index < -0.39 is 11.7 Å². The number of carbonyl (C=O) groups is 1. The number of rotatable bonds is 7. The number of carbonyl (C=O) groups excluding carboxylic acids is 1. The highest BCUT2D eigenvalue weighted by molar-refractivity contribution is 9.08. The second-order valence-electron chi connectivity index (χ2n) is 6.06. The summed E-state index contributed by atoms with van der Waals surface area (Å²) in [5, 5.41) is 12.0. The van der Waals surface area contributed by atoms with Crippen LogP contribution in [-0.2, 0) is 4.74 Å². The van der Waals surface area contributed by atoms with Gasteiger partial charge in [-0.15, -0.1) is 0 Å². The first-order valence-corrected chi connectivity index (χ1v) is 7.45. The zero-order chi connectivity index (χ0) is 15.1. The molecule has 0 aliphatic heterocycles. The average molecular weight is 339 g/mol. The van der Waals surface area contributed by atoms with Crippen LogP contribution >= 0.6 is 16.1 Å². The molecular formula is C13H27BrN2O3. The molecule has 0 aromatic rings. The van der Waals surface area contributed by atoms with E-state index in [1.165, 1.54) is 0 Å². The molecule has 0 aromatic heterocycles. The Morgan fingerprint density at radius 2 is 1.89 bits per heavy atom. The van der Waals surface area contributed by atoms with Gasteiger partial charge in [-0.1, -0.05) is 13.8 Å². The quantitative estimate of drug-likeness (QED) is 0.624. The van der Waals surface area contributed by atoms with Crippen LogP contribution in [0.2, 0.25) is 0 Å². The lowest BCUT2D eigenvalue weighted by Gasteiger charge is -2.24. The third-order valence-electron chi connectivity index (χ3n) is 2.71. The van der Waals surface area contributed by atoms with Gasteiger partial charge >= 0.3 is 6.09 Å². The summed E-state index contributed by atoms with van der Waals surface area (Å²) >= 11 is 3.25. The molecule has 0 bridgehead atoms. The van der Waals surface area contributed by atoms with Gasteiger partial charge in [-0.3, -0.25) is 4.34 Å².